The minimum Gasteiger partial charge on any atom is -0.497 e. The van der Waals surface area contributed by atoms with E-state index < -0.39 is 6.04 Å². The van der Waals surface area contributed by atoms with Crippen molar-refractivity contribution >= 4 is 5.91 Å². The molecule has 0 fully saturated rings. The fourth-order valence-corrected chi connectivity index (χ4v) is 3.41. The highest BCUT2D eigenvalue weighted by atomic mass is 16.5. The van der Waals surface area contributed by atoms with E-state index in [1.807, 2.05) is 36.9 Å². The van der Waals surface area contributed by atoms with Crippen LogP contribution in [0.5, 0.6) is 17.2 Å². The van der Waals surface area contributed by atoms with Gasteiger partial charge in [0.1, 0.15) is 29.1 Å². The molecule has 2 aromatic carbocycles. The number of hydrogen-bond acceptors (Lipinski definition) is 6. The molecule has 8 nitrogen and oxygen atoms in total. The maximum atomic E-state index is 13.3. The highest BCUT2D eigenvalue weighted by molar-refractivity contribution is 5.95. The first kappa shape index (κ1) is 23.1. The molecule has 1 aromatic heterocycles. The summed E-state index contributed by atoms with van der Waals surface area (Å²) < 4.78 is 23.6. The van der Waals surface area contributed by atoms with Gasteiger partial charge in [0.25, 0.3) is 5.91 Å². The van der Waals surface area contributed by atoms with Gasteiger partial charge in [-0.2, -0.15) is 0 Å². The summed E-state index contributed by atoms with van der Waals surface area (Å²) >= 11 is 0. The number of hydrogen-bond donors (Lipinski definition) is 1. The smallest absolute Gasteiger partial charge is 0.252 e. The zero-order valence-corrected chi connectivity index (χ0v) is 19.0. The van der Waals surface area contributed by atoms with Gasteiger partial charge < -0.3 is 28.8 Å². The second-order valence-electron chi connectivity index (χ2n) is 7.11. The van der Waals surface area contributed by atoms with E-state index in [2.05, 4.69) is 10.3 Å². The summed E-state index contributed by atoms with van der Waals surface area (Å²) in [6.45, 7) is 2.85. The molecule has 0 aliphatic rings. The summed E-state index contributed by atoms with van der Waals surface area (Å²) in [4.78, 5) is 17.7. The Kier molecular flexibility index (Phi) is 7.72. The first-order valence-corrected chi connectivity index (χ1v) is 10.3. The minimum absolute atomic E-state index is 0.250. The van der Waals surface area contributed by atoms with Crippen LogP contribution < -0.4 is 19.5 Å². The first-order valence-electron chi connectivity index (χ1n) is 10.3. The normalized spacial score (nSPS) is 11.7. The zero-order valence-electron chi connectivity index (χ0n) is 19.0. The molecular formula is C24H29N3O5. The Morgan fingerprint density at radius 2 is 1.78 bits per heavy atom. The Morgan fingerprint density at radius 3 is 2.34 bits per heavy atom. The largest absolute Gasteiger partial charge is 0.497 e. The van der Waals surface area contributed by atoms with Gasteiger partial charge in [0.15, 0.2) is 0 Å². The first-order chi connectivity index (χ1) is 15.5. The molecule has 8 heteroatoms. The van der Waals surface area contributed by atoms with E-state index in [0.717, 1.165) is 11.1 Å². The second kappa shape index (κ2) is 10.7. The van der Waals surface area contributed by atoms with Gasteiger partial charge in [-0.1, -0.05) is 0 Å². The molecule has 1 heterocycles. The number of nitrogens with zero attached hydrogens (tertiary/aromatic N) is 2. The van der Waals surface area contributed by atoms with Crippen molar-refractivity contribution in [2.24, 2.45) is 7.05 Å². The monoisotopic (exact) mass is 439 g/mol. The van der Waals surface area contributed by atoms with Gasteiger partial charge in [0.05, 0.1) is 27.9 Å². The predicted octanol–water partition coefficient (Wildman–Crippen LogP) is 3.50. The lowest BCUT2D eigenvalue weighted by molar-refractivity contribution is 0.0940. The molecule has 0 radical (unpaired) electrons. The number of rotatable bonds is 10. The number of nitrogens with one attached hydrogen (secondary N) is 1. The van der Waals surface area contributed by atoms with Gasteiger partial charge in [0.2, 0.25) is 0 Å². The molecule has 1 amide bonds. The van der Waals surface area contributed by atoms with Crippen LogP contribution in [0, 0.1) is 0 Å². The molecule has 0 saturated carbocycles. The van der Waals surface area contributed by atoms with E-state index >= 15 is 0 Å². The molecule has 0 saturated heterocycles. The van der Waals surface area contributed by atoms with Crippen molar-refractivity contribution in [2.45, 2.75) is 19.6 Å². The van der Waals surface area contributed by atoms with Crippen molar-refractivity contribution in [2.75, 3.05) is 27.9 Å². The van der Waals surface area contributed by atoms with Gasteiger partial charge in [-0.3, -0.25) is 4.79 Å². The lowest BCUT2D eigenvalue weighted by atomic mass is 10.0. The number of aryl methyl sites for hydroxylation is 1. The van der Waals surface area contributed by atoms with Crippen LogP contribution in [0.1, 0.15) is 40.3 Å². The lowest BCUT2D eigenvalue weighted by Crippen LogP contribution is -2.31. The molecule has 1 N–H and O–H groups in total. The van der Waals surface area contributed by atoms with E-state index in [0.29, 0.717) is 41.9 Å². The molecule has 170 valence electrons. The van der Waals surface area contributed by atoms with Crippen LogP contribution >= 0.6 is 0 Å². The summed E-state index contributed by atoms with van der Waals surface area (Å²) in [6.07, 6.45) is 3.53. The quantitative estimate of drug-likeness (QED) is 0.521. The van der Waals surface area contributed by atoms with Crippen LogP contribution in [0.15, 0.2) is 48.8 Å². The molecular weight excluding hydrogens is 410 g/mol. The van der Waals surface area contributed by atoms with Gasteiger partial charge in [-0.05, 0) is 42.8 Å². The summed E-state index contributed by atoms with van der Waals surface area (Å²) in [5.41, 5.74) is 2.08. The number of benzene rings is 2. The van der Waals surface area contributed by atoms with Crippen molar-refractivity contribution in [3.8, 4) is 17.2 Å². The van der Waals surface area contributed by atoms with Crippen molar-refractivity contribution in [3.05, 3.63) is 71.3 Å². The number of aromatic nitrogens is 2. The molecule has 3 aromatic rings. The molecule has 3 rings (SSSR count). The van der Waals surface area contributed by atoms with E-state index in [-0.39, 0.29) is 5.91 Å². The van der Waals surface area contributed by atoms with E-state index in [9.17, 15) is 4.79 Å². The van der Waals surface area contributed by atoms with Crippen molar-refractivity contribution in [1.29, 1.82) is 0 Å². The number of amides is 1. The maximum Gasteiger partial charge on any atom is 0.252 e. The maximum absolute atomic E-state index is 13.3. The number of ether oxygens (including phenoxy) is 4. The molecule has 1 atom stereocenters. The molecule has 0 aliphatic heterocycles. The Hall–Kier alpha value is -3.52. The van der Waals surface area contributed by atoms with Crippen LogP contribution in [-0.2, 0) is 18.4 Å². The number of carbonyl (C=O) groups is 1. The fraction of sp³-hybridized carbons (Fsp3) is 0.333. The highest BCUT2D eigenvalue weighted by Crippen LogP contribution is 2.30. The van der Waals surface area contributed by atoms with Crippen LogP contribution in [0.25, 0.3) is 0 Å². The van der Waals surface area contributed by atoms with E-state index in [1.54, 1.807) is 51.8 Å². The SMILES string of the molecule is CCOCc1cc(C(=O)NC(c2cc(OC)cc(OC)c2)c2nccn2C)ccc1OC. The lowest BCUT2D eigenvalue weighted by Gasteiger charge is -2.21. The third-order valence-corrected chi connectivity index (χ3v) is 5.10. The topological polar surface area (TPSA) is 83.8 Å². The van der Waals surface area contributed by atoms with Crippen LogP contribution in [0.2, 0.25) is 0 Å². The minimum atomic E-state index is -0.524. The highest BCUT2D eigenvalue weighted by Gasteiger charge is 2.23. The molecule has 0 bridgehead atoms. The van der Waals surface area contributed by atoms with Crippen LogP contribution in [-0.4, -0.2) is 43.4 Å². The van der Waals surface area contributed by atoms with Gasteiger partial charge in [-0.15, -0.1) is 0 Å². The average Bonchev–Trinajstić information content (AvgIpc) is 3.25. The van der Waals surface area contributed by atoms with Crippen LogP contribution in [0.3, 0.4) is 0 Å². The van der Waals surface area contributed by atoms with Crippen molar-refractivity contribution in [1.82, 2.24) is 14.9 Å². The Morgan fingerprint density at radius 1 is 1.06 bits per heavy atom. The standard InChI is InChI=1S/C24H29N3O5/c1-6-32-15-18-11-16(7-8-21(18)31-5)24(28)26-22(23-25-9-10-27(23)2)17-12-19(29-3)14-20(13-17)30-4/h7-14,22H,6,15H2,1-5H3,(H,26,28). The Bertz CT molecular complexity index is 1040. The second-order valence-corrected chi connectivity index (χ2v) is 7.11. The summed E-state index contributed by atoms with van der Waals surface area (Å²) in [7, 11) is 6.65. The third-order valence-electron chi connectivity index (χ3n) is 5.10. The van der Waals surface area contributed by atoms with E-state index in [4.69, 9.17) is 18.9 Å². The molecule has 32 heavy (non-hydrogen) atoms. The summed E-state index contributed by atoms with van der Waals surface area (Å²) in [5.74, 6) is 2.34. The number of imidazole rings is 1. The third kappa shape index (κ3) is 5.20. The van der Waals surface area contributed by atoms with Gasteiger partial charge >= 0.3 is 0 Å². The van der Waals surface area contributed by atoms with Gasteiger partial charge in [-0.25, -0.2) is 4.98 Å². The molecule has 0 aliphatic carbocycles. The zero-order chi connectivity index (χ0) is 23.1. The Labute approximate surface area is 188 Å². The van der Waals surface area contributed by atoms with Crippen molar-refractivity contribution < 1.29 is 23.7 Å². The van der Waals surface area contributed by atoms with E-state index in [1.165, 1.54) is 0 Å². The average molecular weight is 440 g/mol. The van der Waals surface area contributed by atoms with Gasteiger partial charge in [0, 0.05) is 43.2 Å². The summed E-state index contributed by atoms with van der Waals surface area (Å²) in [5, 5.41) is 3.10. The number of carbonyl (C=O) groups excluding carboxylic acids is 1. The Balaban J connectivity index is 1.98. The fourth-order valence-electron chi connectivity index (χ4n) is 3.41. The van der Waals surface area contributed by atoms with Crippen LogP contribution in [0.4, 0.5) is 0 Å². The number of methoxy groups -OCH3 is 3. The summed E-state index contributed by atoms with van der Waals surface area (Å²) in [6, 6.07) is 10.3. The molecule has 1 unspecified atom stereocenters. The molecule has 0 spiro atoms. The van der Waals surface area contributed by atoms with Crippen molar-refractivity contribution in [3.63, 3.8) is 0 Å². The predicted molar refractivity (Wildman–Crippen MR) is 120 cm³/mol.